The molecule has 2 aromatic rings. The quantitative estimate of drug-likeness (QED) is 0.847. The molecular formula is C11H11F2N3. The van der Waals surface area contributed by atoms with E-state index in [9.17, 15) is 8.78 Å². The lowest BCUT2D eigenvalue weighted by Gasteiger charge is -2.05. The van der Waals surface area contributed by atoms with E-state index in [1.54, 1.807) is 10.9 Å². The van der Waals surface area contributed by atoms with Crippen molar-refractivity contribution in [2.24, 2.45) is 0 Å². The molecule has 2 rings (SSSR count). The van der Waals surface area contributed by atoms with Gasteiger partial charge < -0.3 is 5.73 Å². The molecule has 0 fully saturated rings. The summed E-state index contributed by atoms with van der Waals surface area (Å²) in [5.74, 6) is -1.18. The summed E-state index contributed by atoms with van der Waals surface area (Å²) in [6.45, 7) is 2.17. The molecule has 16 heavy (non-hydrogen) atoms. The van der Waals surface area contributed by atoms with Crippen LogP contribution in [0.2, 0.25) is 0 Å². The molecule has 0 aliphatic carbocycles. The Labute approximate surface area is 91.5 Å². The maximum absolute atomic E-state index is 13.0. The van der Waals surface area contributed by atoms with Crippen LogP contribution in [0.25, 0.3) is 0 Å². The number of aryl methyl sites for hydroxylation is 1. The molecule has 1 heterocycles. The van der Waals surface area contributed by atoms with Crippen molar-refractivity contribution in [1.82, 2.24) is 9.78 Å². The first-order valence-electron chi connectivity index (χ1n) is 4.79. The van der Waals surface area contributed by atoms with E-state index < -0.39 is 11.6 Å². The van der Waals surface area contributed by atoms with Gasteiger partial charge in [0.15, 0.2) is 11.6 Å². The van der Waals surface area contributed by atoms with Gasteiger partial charge in [0.05, 0.1) is 12.7 Å². The maximum atomic E-state index is 13.0. The van der Waals surface area contributed by atoms with Crippen molar-refractivity contribution < 1.29 is 8.78 Å². The molecule has 84 valence electrons. The van der Waals surface area contributed by atoms with E-state index in [0.717, 1.165) is 17.7 Å². The lowest BCUT2D eigenvalue weighted by Crippen LogP contribution is -2.06. The van der Waals surface area contributed by atoms with Crippen LogP contribution in [0.15, 0.2) is 24.4 Å². The van der Waals surface area contributed by atoms with Gasteiger partial charge in [0.1, 0.15) is 5.82 Å². The average Bonchev–Trinajstić information content (AvgIpc) is 2.55. The molecule has 0 atom stereocenters. The van der Waals surface area contributed by atoms with Crippen LogP contribution in [-0.2, 0) is 6.54 Å². The molecule has 0 radical (unpaired) electrons. The van der Waals surface area contributed by atoms with Crippen molar-refractivity contribution in [3.63, 3.8) is 0 Å². The van der Waals surface area contributed by atoms with Crippen LogP contribution >= 0.6 is 0 Å². The third kappa shape index (κ3) is 1.88. The van der Waals surface area contributed by atoms with Crippen LogP contribution in [0.1, 0.15) is 11.1 Å². The van der Waals surface area contributed by atoms with Gasteiger partial charge in [0.2, 0.25) is 0 Å². The first kappa shape index (κ1) is 10.6. The largest absolute Gasteiger partial charge is 0.384 e. The number of nitrogen functional groups attached to an aromatic ring is 1. The highest BCUT2D eigenvalue weighted by Gasteiger charge is 2.06. The Bertz CT molecular complexity index is 520. The van der Waals surface area contributed by atoms with E-state index in [-0.39, 0.29) is 0 Å². The van der Waals surface area contributed by atoms with Gasteiger partial charge in [-0.15, -0.1) is 0 Å². The summed E-state index contributed by atoms with van der Waals surface area (Å²) in [5, 5.41) is 4.04. The molecule has 0 bridgehead atoms. The highest BCUT2D eigenvalue weighted by Crippen LogP contribution is 2.13. The molecule has 5 heteroatoms. The number of nitrogens with two attached hydrogens (primary N) is 1. The van der Waals surface area contributed by atoms with Gasteiger partial charge in [0, 0.05) is 5.56 Å². The molecule has 3 nitrogen and oxygen atoms in total. The number of rotatable bonds is 2. The monoisotopic (exact) mass is 223 g/mol. The predicted molar refractivity (Wildman–Crippen MR) is 56.8 cm³/mol. The Morgan fingerprint density at radius 2 is 2.06 bits per heavy atom. The van der Waals surface area contributed by atoms with Gasteiger partial charge in [-0.2, -0.15) is 5.10 Å². The molecule has 1 aromatic carbocycles. The van der Waals surface area contributed by atoms with E-state index in [1.807, 2.05) is 6.92 Å². The molecule has 0 amide bonds. The molecular weight excluding hydrogens is 212 g/mol. The minimum absolute atomic E-state index is 0.330. The van der Waals surface area contributed by atoms with Crippen LogP contribution in [0, 0.1) is 18.6 Å². The fourth-order valence-corrected chi connectivity index (χ4v) is 1.43. The molecule has 0 spiro atoms. The molecule has 0 unspecified atom stereocenters. The lowest BCUT2D eigenvalue weighted by molar-refractivity contribution is 0.506. The van der Waals surface area contributed by atoms with E-state index in [4.69, 9.17) is 5.73 Å². The summed E-state index contributed by atoms with van der Waals surface area (Å²) in [6, 6.07) is 3.75. The van der Waals surface area contributed by atoms with E-state index in [0.29, 0.717) is 17.9 Å². The van der Waals surface area contributed by atoms with E-state index in [1.165, 1.54) is 6.07 Å². The van der Waals surface area contributed by atoms with Crippen molar-refractivity contribution in [3.8, 4) is 0 Å². The van der Waals surface area contributed by atoms with Gasteiger partial charge in [0.25, 0.3) is 0 Å². The minimum Gasteiger partial charge on any atom is -0.384 e. The van der Waals surface area contributed by atoms with Crippen molar-refractivity contribution in [3.05, 3.63) is 47.2 Å². The maximum Gasteiger partial charge on any atom is 0.159 e. The number of aromatic nitrogens is 2. The number of anilines is 1. The summed E-state index contributed by atoms with van der Waals surface area (Å²) in [7, 11) is 0. The molecule has 0 saturated carbocycles. The third-order valence-corrected chi connectivity index (χ3v) is 2.39. The summed E-state index contributed by atoms with van der Waals surface area (Å²) in [4.78, 5) is 0. The zero-order valence-corrected chi connectivity index (χ0v) is 8.74. The first-order valence-corrected chi connectivity index (χ1v) is 4.79. The second-order valence-electron chi connectivity index (χ2n) is 3.62. The highest BCUT2D eigenvalue weighted by molar-refractivity contribution is 5.37. The standard InChI is InChI=1S/C11H11F2N3/c1-7-5-15-16(11(7)14)6-8-2-3-9(12)10(13)4-8/h2-5H,6,14H2,1H3. The first-order chi connectivity index (χ1) is 7.58. The third-order valence-electron chi connectivity index (χ3n) is 2.39. The van der Waals surface area contributed by atoms with Crippen LogP contribution in [0.5, 0.6) is 0 Å². The fraction of sp³-hybridized carbons (Fsp3) is 0.182. The average molecular weight is 223 g/mol. The van der Waals surface area contributed by atoms with Gasteiger partial charge in [-0.05, 0) is 24.6 Å². The predicted octanol–water partition coefficient (Wildman–Crippen LogP) is 2.10. The number of hydrogen-bond donors (Lipinski definition) is 1. The summed E-state index contributed by atoms with van der Waals surface area (Å²) in [6.07, 6.45) is 1.63. The number of halogens is 2. The Morgan fingerprint density at radius 1 is 1.31 bits per heavy atom. The van der Waals surface area contributed by atoms with E-state index >= 15 is 0 Å². The lowest BCUT2D eigenvalue weighted by atomic mass is 10.2. The number of benzene rings is 1. The second-order valence-corrected chi connectivity index (χ2v) is 3.62. The minimum atomic E-state index is -0.861. The van der Waals surface area contributed by atoms with Crippen LogP contribution in [0.4, 0.5) is 14.6 Å². The zero-order chi connectivity index (χ0) is 11.7. The Morgan fingerprint density at radius 3 is 2.62 bits per heavy atom. The van der Waals surface area contributed by atoms with Crippen LogP contribution in [-0.4, -0.2) is 9.78 Å². The van der Waals surface area contributed by atoms with Crippen molar-refractivity contribution in [1.29, 1.82) is 0 Å². The van der Waals surface area contributed by atoms with Gasteiger partial charge in [-0.25, -0.2) is 13.5 Å². The van der Waals surface area contributed by atoms with Crippen LogP contribution < -0.4 is 5.73 Å². The van der Waals surface area contributed by atoms with Gasteiger partial charge >= 0.3 is 0 Å². The molecule has 2 N–H and O–H groups in total. The topological polar surface area (TPSA) is 43.8 Å². The Kier molecular flexibility index (Phi) is 2.60. The number of nitrogens with zero attached hydrogens (tertiary/aromatic N) is 2. The van der Waals surface area contributed by atoms with E-state index in [2.05, 4.69) is 5.10 Å². The molecule has 0 aliphatic heterocycles. The Balaban J connectivity index is 2.27. The smallest absolute Gasteiger partial charge is 0.159 e. The van der Waals surface area contributed by atoms with Gasteiger partial charge in [-0.3, -0.25) is 0 Å². The zero-order valence-electron chi connectivity index (χ0n) is 8.74. The Hall–Kier alpha value is -1.91. The summed E-state index contributed by atoms with van der Waals surface area (Å²) < 4.78 is 27.2. The molecule has 1 aromatic heterocycles. The summed E-state index contributed by atoms with van der Waals surface area (Å²) in [5.41, 5.74) is 7.23. The second kappa shape index (κ2) is 3.92. The SMILES string of the molecule is Cc1cnn(Cc2ccc(F)c(F)c2)c1N. The normalized spacial score (nSPS) is 10.7. The highest BCUT2D eigenvalue weighted by atomic mass is 19.2. The van der Waals surface area contributed by atoms with Gasteiger partial charge in [-0.1, -0.05) is 6.07 Å². The number of hydrogen-bond acceptors (Lipinski definition) is 2. The van der Waals surface area contributed by atoms with Crippen LogP contribution in [0.3, 0.4) is 0 Å². The van der Waals surface area contributed by atoms with Crippen molar-refractivity contribution in [2.45, 2.75) is 13.5 Å². The van der Waals surface area contributed by atoms with Crippen molar-refractivity contribution >= 4 is 5.82 Å². The molecule has 0 saturated heterocycles. The fourth-order valence-electron chi connectivity index (χ4n) is 1.43. The van der Waals surface area contributed by atoms with Crippen molar-refractivity contribution in [2.75, 3.05) is 5.73 Å². The molecule has 0 aliphatic rings. The summed E-state index contributed by atoms with van der Waals surface area (Å²) >= 11 is 0.